The van der Waals surface area contributed by atoms with E-state index in [9.17, 15) is 9.00 Å². The van der Waals surface area contributed by atoms with E-state index in [1.165, 1.54) is 11.1 Å². The lowest BCUT2D eigenvalue weighted by Crippen LogP contribution is -2.60. The summed E-state index contributed by atoms with van der Waals surface area (Å²) in [5.74, 6) is 5.97. The van der Waals surface area contributed by atoms with Crippen LogP contribution in [0, 0.1) is 17.8 Å². The highest BCUT2D eigenvalue weighted by Crippen LogP contribution is 2.49. The van der Waals surface area contributed by atoms with E-state index in [0.29, 0.717) is 30.6 Å². The Hall–Kier alpha value is -3.48. The zero-order valence-corrected chi connectivity index (χ0v) is 35.6. The summed E-state index contributed by atoms with van der Waals surface area (Å²) in [5.41, 5.74) is 3.20. The molecule has 8 atom stereocenters. The molecule has 3 aliphatic heterocycles. The lowest BCUT2D eigenvalue weighted by atomic mass is 9.63. The first-order valence-corrected chi connectivity index (χ1v) is 23.0. The average molecular weight is 816 g/mol. The molecule has 2 aromatic carbocycles. The summed E-state index contributed by atoms with van der Waals surface area (Å²) < 4.78 is 30.6. The van der Waals surface area contributed by atoms with Crippen LogP contribution in [0.2, 0.25) is 5.02 Å². The van der Waals surface area contributed by atoms with Gasteiger partial charge in [0.25, 0.3) is 5.91 Å². The molecule has 3 aromatic rings. The van der Waals surface area contributed by atoms with Gasteiger partial charge in [-0.05, 0) is 124 Å². The summed E-state index contributed by atoms with van der Waals surface area (Å²) in [7, 11) is -1.09. The van der Waals surface area contributed by atoms with Crippen LogP contribution in [0.1, 0.15) is 80.2 Å². The minimum absolute atomic E-state index is 0.00958. The number of piperazine rings is 1. The Morgan fingerprint density at radius 2 is 1.91 bits per heavy atom. The number of allylic oxidation sites excluding steroid dienone is 1. The van der Waals surface area contributed by atoms with E-state index in [1.54, 1.807) is 6.07 Å². The van der Waals surface area contributed by atoms with E-state index in [2.05, 4.69) is 73.4 Å². The number of hydrogen-bond acceptors (Lipinski definition) is 9. The molecule has 1 amide bonds. The highest BCUT2D eigenvalue weighted by molar-refractivity contribution is 7.99. The molecule has 5 aliphatic rings. The van der Waals surface area contributed by atoms with Crippen molar-refractivity contribution in [2.45, 2.75) is 88.1 Å². The van der Waals surface area contributed by atoms with E-state index < -0.39 is 15.3 Å². The molecule has 306 valence electrons. The quantitative estimate of drug-likeness (QED) is 0.227. The standard InChI is InChI=1S/C45H59ClN6O4S/c1-31-9-6-18-45(55-4,29-50-21-22-51(32(2)25-50)27-42-47-19-8-20-48-42)39-14-11-36(39)26-52-28-44(17-7-10-34-23-37(46)13-15-38(34)44)30-56-41-16-12-35(24-40(41)52)43(53)49-57(5,54)33(31)3/h6,8,12-13,15-16,18-20,23-24,31-33,36,39H,5,7,9-11,14,17,21-22,25-30H2,1-4H3,(H,49,53,54)/b18-6+/t31-,32-,33+,36-,39+,44-,45+,57?/m0/s1. The molecule has 1 unspecified atom stereocenters. The number of aromatic nitrogens is 2. The molecule has 1 aromatic heterocycles. The van der Waals surface area contributed by atoms with Gasteiger partial charge in [-0.2, -0.15) is 0 Å². The van der Waals surface area contributed by atoms with Gasteiger partial charge < -0.3 is 14.4 Å². The lowest BCUT2D eigenvalue weighted by molar-refractivity contribution is -0.0986. The number of benzene rings is 2. The second kappa shape index (κ2) is 16.3. The number of anilines is 1. The molecular weight excluding hydrogens is 756 g/mol. The first-order chi connectivity index (χ1) is 27.4. The molecule has 2 bridgehead atoms. The number of amides is 1. The number of rotatable bonds is 5. The van der Waals surface area contributed by atoms with Gasteiger partial charge in [0.2, 0.25) is 0 Å². The van der Waals surface area contributed by atoms with Crippen molar-refractivity contribution >= 4 is 38.8 Å². The Kier molecular flexibility index (Phi) is 11.5. The zero-order chi connectivity index (χ0) is 40.0. The SMILES string of the molecule is C=S1(=O)NC(=O)c2ccc3c(c2)N(C[C@@H]2CC[C@H]2[C@@](CN2CCN(Cc4ncccn4)[C@@H](C)C2)(OC)/C=C/C[C@H](C)[C@H]1C)C[C@@]1(CCCc2cc(Cl)ccc21)CO3. The number of fused-ring (bicyclic) bond motifs is 4. The van der Waals surface area contributed by atoms with Gasteiger partial charge in [-0.3, -0.25) is 19.3 Å². The molecule has 8 rings (SSSR count). The summed E-state index contributed by atoms with van der Waals surface area (Å²) in [6.07, 6.45) is 14.1. The third-order valence-electron chi connectivity index (χ3n) is 14.0. The molecule has 1 N–H and O–H groups in total. The molecule has 1 saturated carbocycles. The number of carbonyl (C=O) groups excluding carboxylic acids is 1. The number of hydrogen-bond donors (Lipinski definition) is 1. The number of methoxy groups -OCH3 is 1. The Balaban J connectivity index is 1.15. The molecule has 10 nitrogen and oxygen atoms in total. The van der Waals surface area contributed by atoms with Crippen molar-refractivity contribution in [1.29, 1.82) is 0 Å². The van der Waals surface area contributed by atoms with Crippen LogP contribution in [0.25, 0.3) is 0 Å². The van der Waals surface area contributed by atoms with Gasteiger partial charge >= 0.3 is 0 Å². The van der Waals surface area contributed by atoms with Crippen molar-refractivity contribution in [3.63, 3.8) is 0 Å². The normalized spacial score (nSPS) is 34.2. The van der Waals surface area contributed by atoms with E-state index in [1.807, 2.05) is 50.7 Å². The van der Waals surface area contributed by atoms with Crippen LogP contribution >= 0.6 is 11.6 Å². The summed E-state index contributed by atoms with van der Waals surface area (Å²) in [6, 6.07) is 14.2. The predicted molar refractivity (Wildman–Crippen MR) is 230 cm³/mol. The summed E-state index contributed by atoms with van der Waals surface area (Å²) in [5, 5.41) is 0.410. The fraction of sp³-hybridized carbons (Fsp3) is 0.556. The van der Waals surface area contributed by atoms with Gasteiger partial charge in [0.1, 0.15) is 17.2 Å². The van der Waals surface area contributed by atoms with Crippen LogP contribution in [0.3, 0.4) is 0 Å². The third kappa shape index (κ3) is 8.12. The molecule has 12 heteroatoms. The van der Waals surface area contributed by atoms with E-state index in [-0.39, 0.29) is 28.4 Å². The van der Waals surface area contributed by atoms with Crippen molar-refractivity contribution in [1.82, 2.24) is 24.5 Å². The Morgan fingerprint density at radius 1 is 1.09 bits per heavy atom. The van der Waals surface area contributed by atoms with Gasteiger partial charge in [-0.25, -0.2) is 14.2 Å². The van der Waals surface area contributed by atoms with Gasteiger partial charge in [0, 0.05) is 86.1 Å². The number of ether oxygens (including phenoxy) is 2. The molecule has 1 saturated heterocycles. The van der Waals surface area contributed by atoms with Gasteiger partial charge in [0.15, 0.2) is 0 Å². The van der Waals surface area contributed by atoms with E-state index in [4.69, 9.17) is 21.1 Å². The lowest BCUT2D eigenvalue weighted by Gasteiger charge is -2.52. The number of aryl methyl sites for hydroxylation is 1. The Labute approximate surface area is 344 Å². The number of carbonyl (C=O) groups is 1. The van der Waals surface area contributed by atoms with Gasteiger partial charge in [-0.1, -0.05) is 36.7 Å². The Morgan fingerprint density at radius 3 is 2.67 bits per heavy atom. The predicted octanol–water partition coefficient (Wildman–Crippen LogP) is 6.57. The maximum absolute atomic E-state index is 14.1. The maximum Gasteiger partial charge on any atom is 0.262 e. The van der Waals surface area contributed by atoms with Crippen molar-refractivity contribution in [2.75, 3.05) is 57.9 Å². The summed E-state index contributed by atoms with van der Waals surface area (Å²) >= 11 is 6.54. The minimum atomic E-state index is -2.98. The second-order valence-corrected chi connectivity index (χ2v) is 20.4. The smallest absolute Gasteiger partial charge is 0.262 e. The van der Waals surface area contributed by atoms with Crippen LogP contribution in [0.4, 0.5) is 5.69 Å². The molecular formula is C45H59ClN6O4S. The average Bonchev–Trinajstić information content (AvgIpc) is 3.33. The van der Waals surface area contributed by atoms with Gasteiger partial charge in [-0.15, -0.1) is 0 Å². The van der Waals surface area contributed by atoms with Crippen molar-refractivity contribution in [3.8, 4) is 5.75 Å². The molecule has 0 radical (unpaired) electrons. The van der Waals surface area contributed by atoms with Crippen LogP contribution in [-0.2, 0) is 32.8 Å². The van der Waals surface area contributed by atoms with Crippen molar-refractivity contribution < 1.29 is 18.5 Å². The third-order valence-corrected chi connectivity index (χ3v) is 16.5. The molecule has 2 aliphatic carbocycles. The van der Waals surface area contributed by atoms with Crippen LogP contribution in [0.5, 0.6) is 5.75 Å². The first-order valence-electron chi connectivity index (χ1n) is 20.8. The molecule has 2 fully saturated rings. The van der Waals surface area contributed by atoms with E-state index >= 15 is 0 Å². The zero-order valence-electron chi connectivity index (χ0n) is 34.0. The minimum Gasteiger partial charge on any atom is -0.490 e. The Bertz CT molecular complexity index is 2080. The fourth-order valence-corrected chi connectivity index (χ4v) is 12.0. The number of halogens is 1. The number of nitrogens with one attached hydrogen (secondary N) is 1. The van der Waals surface area contributed by atoms with Crippen LogP contribution < -0.4 is 14.4 Å². The van der Waals surface area contributed by atoms with Crippen LogP contribution in [-0.4, -0.2) is 106 Å². The number of nitrogens with zero attached hydrogens (tertiary/aromatic N) is 5. The molecule has 1 spiro atoms. The highest BCUT2D eigenvalue weighted by Gasteiger charge is 2.50. The van der Waals surface area contributed by atoms with E-state index in [0.717, 1.165) is 100 Å². The van der Waals surface area contributed by atoms with Crippen molar-refractivity contribution in [2.24, 2.45) is 17.8 Å². The molecule has 4 heterocycles. The second-order valence-electron chi connectivity index (χ2n) is 17.6. The summed E-state index contributed by atoms with van der Waals surface area (Å²) in [4.78, 5) is 30.4. The first kappa shape index (κ1) is 40.3. The monoisotopic (exact) mass is 814 g/mol. The maximum atomic E-state index is 14.1. The highest BCUT2D eigenvalue weighted by atomic mass is 35.5. The summed E-state index contributed by atoms with van der Waals surface area (Å²) in [6.45, 7) is 12.7. The van der Waals surface area contributed by atoms with Crippen LogP contribution in [0.15, 0.2) is 67.0 Å². The molecule has 57 heavy (non-hydrogen) atoms. The fourth-order valence-electron chi connectivity index (χ4n) is 10.3. The van der Waals surface area contributed by atoms with Gasteiger partial charge in [0.05, 0.1) is 28.5 Å². The topological polar surface area (TPSA) is 100 Å². The van der Waals surface area contributed by atoms with Crippen molar-refractivity contribution in [3.05, 3.63) is 94.5 Å². The largest absolute Gasteiger partial charge is 0.490 e.